The topological polar surface area (TPSA) is 39.9 Å². The SMILES string of the molecule is COc1cc(C(C)C)c(C(C)(C)C)nc1-c1cnn(C)c1. The summed E-state index contributed by atoms with van der Waals surface area (Å²) in [6.07, 6.45) is 3.79. The van der Waals surface area contributed by atoms with Gasteiger partial charge in [0.05, 0.1) is 19.0 Å². The summed E-state index contributed by atoms with van der Waals surface area (Å²) in [6, 6.07) is 2.13. The van der Waals surface area contributed by atoms with Crippen molar-refractivity contribution >= 4 is 0 Å². The summed E-state index contributed by atoms with van der Waals surface area (Å²) in [5.41, 5.74) is 4.20. The first-order valence-corrected chi connectivity index (χ1v) is 7.32. The first kappa shape index (κ1) is 15.5. The van der Waals surface area contributed by atoms with E-state index in [4.69, 9.17) is 9.72 Å². The second-order valence-electron chi connectivity index (χ2n) is 6.78. The Morgan fingerprint density at radius 2 is 1.90 bits per heavy atom. The van der Waals surface area contributed by atoms with E-state index in [1.54, 1.807) is 11.8 Å². The van der Waals surface area contributed by atoms with Crippen molar-refractivity contribution in [3.05, 3.63) is 29.7 Å². The lowest BCUT2D eigenvalue weighted by Gasteiger charge is -2.25. The van der Waals surface area contributed by atoms with Crippen molar-refractivity contribution in [3.63, 3.8) is 0 Å². The zero-order valence-electron chi connectivity index (χ0n) is 14.1. The second kappa shape index (κ2) is 5.51. The number of ether oxygens (including phenoxy) is 1. The summed E-state index contributed by atoms with van der Waals surface area (Å²) in [4.78, 5) is 4.94. The third kappa shape index (κ3) is 3.09. The normalized spacial score (nSPS) is 12.0. The lowest BCUT2D eigenvalue weighted by atomic mass is 9.84. The van der Waals surface area contributed by atoms with E-state index in [0.29, 0.717) is 5.92 Å². The molecule has 0 fully saturated rings. The van der Waals surface area contributed by atoms with Crippen LogP contribution in [0.2, 0.25) is 0 Å². The van der Waals surface area contributed by atoms with Crippen LogP contribution in [0.4, 0.5) is 0 Å². The molecule has 114 valence electrons. The highest BCUT2D eigenvalue weighted by Crippen LogP contribution is 2.36. The van der Waals surface area contributed by atoms with Crippen LogP contribution in [0.15, 0.2) is 18.5 Å². The Balaban J connectivity index is 2.71. The molecule has 2 aromatic rings. The number of aromatic nitrogens is 3. The highest BCUT2D eigenvalue weighted by molar-refractivity contribution is 5.66. The van der Waals surface area contributed by atoms with Gasteiger partial charge in [0.25, 0.3) is 0 Å². The lowest BCUT2D eigenvalue weighted by molar-refractivity contribution is 0.412. The van der Waals surface area contributed by atoms with Gasteiger partial charge >= 0.3 is 0 Å². The second-order valence-corrected chi connectivity index (χ2v) is 6.78. The first-order chi connectivity index (χ1) is 9.74. The van der Waals surface area contributed by atoms with Crippen LogP contribution in [0.1, 0.15) is 51.8 Å². The highest BCUT2D eigenvalue weighted by Gasteiger charge is 2.24. The molecule has 0 saturated carbocycles. The summed E-state index contributed by atoms with van der Waals surface area (Å²) in [7, 11) is 3.60. The van der Waals surface area contributed by atoms with Gasteiger partial charge in [0.15, 0.2) is 0 Å². The van der Waals surface area contributed by atoms with E-state index in [-0.39, 0.29) is 5.41 Å². The molecule has 0 bridgehead atoms. The number of aryl methyl sites for hydroxylation is 1. The zero-order chi connectivity index (χ0) is 15.8. The zero-order valence-corrected chi connectivity index (χ0v) is 14.1. The van der Waals surface area contributed by atoms with Gasteiger partial charge in [0.2, 0.25) is 0 Å². The maximum atomic E-state index is 5.57. The van der Waals surface area contributed by atoms with Crippen LogP contribution in [-0.2, 0) is 12.5 Å². The van der Waals surface area contributed by atoms with E-state index in [1.165, 1.54) is 5.56 Å². The van der Waals surface area contributed by atoms with Crippen molar-refractivity contribution in [2.24, 2.45) is 7.05 Å². The molecular weight excluding hydrogens is 262 g/mol. The van der Waals surface area contributed by atoms with Crippen molar-refractivity contribution in [2.45, 2.75) is 46.0 Å². The molecule has 0 unspecified atom stereocenters. The van der Waals surface area contributed by atoms with Crippen molar-refractivity contribution in [1.82, 2.24) is 14.8 Å². The van der Waals surface area contributed by atoms with Gasteiger partial charge in [-0.2, -0.15) is 5.10 Å². The van der Waals surface area contributed by atoms with E-state index in [0.717, 1.165) is 22.7 Å². The summed E-state index contributed by atoms with van der Waals surface area (Å²) in [6.45, 7) is 11.0. The molecular formula is C17H25N3O. The average molecular weight is 287 g/mol. The van der Waals surface area contributed by atoms with Crippen molar-refractivity contribution in [2.75, 3.05) is 7.11 Å². The Morgan fingerprint density at radius 1 is 1.24 bits per heavy atom. The smallest absolute Gasteiger partial charge is 0.145 e. The molecule has 0 amide bonds. The quantitative estimate of drug-likeness (QED) is 0.859. The monoisotopic (exact) mass is 287 g/mol. The summed E-state index contributed by atoms with van der Waals surface area (Å²) in [5, 5.41) is 4.24. The molecule has 2 heterocycles. The molecule has 2 rings (SSSR count). The van der Waals surface area contributed by atoms with E-state index >= 15 is 0 Å². The molecule has 0 spiro atoms. The van der Waals surface area contributed by atoms with Gasteiger partial charge in [-0.3, -0.25) is 4.68 Å². The van der Waals surface area contributed by atoms with Crippen LogP contribution in [0.5, 0.6) is 5.75 Å². The van der Waals surface area contributed by atoms with E-state index in [1.807, 2.05) is 19.4 Å². The number of methoxy groups -OCH3 is 1. The Labute approximate surface area is 127 Å². The van der Waals surface area contributed by atoms with E-state index < -0.39 is 0 Å². The minimum Gasteiger partial charge on any atom is -0.494 e. The minimum absolute atomic E-state index is 0.0111. The molecule has 0 aliphatic heterocycles. The molecule has 0 saturated heterocycles. The number of hydrogen-bond donors (Lipinski definition) is 0. The van der Waals surface area contributed by atoms with Crippen molar-refractivity contribution in [1.29, 1.82) is 0 Å². The number of pyridine rings is 1. The third-order valence-corrected chi connectivity index (χ3v) is 3.55. The van der Waals surface area contributed by atoms with E-state index in [2.05, 4.69) is 45.8 Å². The Morgan fingerprint density at radius 3 is 2.33 bits per heavy atom. The van der Waals surface area contributed by atoms with Gasteiger partial charge in [-0.05, 0) is 17.5 Å². The molecule has 0 N–H and O–H groups in total. The van der Waals surface area contributed by atoms with Crippen LogP contribution in [-0.4, -0.2) is 21.9 Å². The molecule has 4 nitrogen and oxygen atoms in total. The number of rotatable bonds is 3. The average Bonchev–Trinajstić information content (AvgIpc) is 2.82. The maximum Gasteiger partial charge on any atom is 0.145 e. The molecule has 0 aliphatic carbocycles. The van der Waals surface area contributed by atoms with E-state index in [9.17, 15) is 0 Å². The van der Waals surface area contributed by atoms with Crippen LogP contribution in [0.25, 0.3) is 11.3 Å². The van der Waals surface area contributed by atoms with Gasteiger partial charge in [0.1, 0.15) is 11.4 Å². The highest BCUT2D eigenvalue weighted by atomic mass is 16.5. The van der Waals surface area contributed by atoms with Gasteiger partial charge < -0.3 is 4.74 Å². The molecule has 2 aromatic heterocycles. The standard InChI is InChI=1S/C17H25N3O/c1-11(2)13-8-14(21-7)15(12-9-18-20(6)10-12)19-16(13)17(3,4)5/h8-11H,1-7H3. The molecule has 0 aromatic carbocycles. The maximum absolute atomic E-state index is 5.57. The van der Waals surface area contributed by atoms with Gasteiger partial charge in [-0.1, -0.05) is 34.6 Å². The molecule has 0 aliphatic rings. The Kier molecular flexibility index (Phi) is 4.08. The molecule has 4 heteroatoms. The number of hydrogen-bond acceptors (Lipinski definition) is 3. The summed E-state index contributed by atoms with van der Waals surface area (Å²) < 4.78 is 7.35. The number of nitrogens with zero attached hydrogens (tertiary/aromatic N) is 3. The fraction of sp³-hybridized carbons (Fsp3) is 0.529. The molecule has 21 heavy (non-hydrogen) atoms. The van der Waals surface area contributed by atoms with Crippen LogP contribution < -0.4 is 4.74 Å². The van der Waals surface area contributed by atoms with Crippen LogP contribution in [0, 0.1) is 0 Å². The molecule has 0 radical (unpaired) electrons. The van der Waals surface area contributed by atoms with Gasteiger partial charge in [-0.15, -0.1) is 0 Å². The van der Waals surface area contributed by atoms with Crippen LogP contribution >= 0.6 is 0 Å². The largest absolute Gasteiger partial charge is 0.494 e. The third-order valence-electron chi connectivity index (χ3n) is 3.55. The fourth-order valence-corrected chi connectivity index (χ4v) is 2.46. The van der Waals surface area contributed by atoms with Crippen molar-refractivity contribution < 1.29 is 4.74 Å². The Bertz CT molecular complexity index is 636. The predicted octanol–water partition coefficient (Wildman–Crippen LogP) is 3.91. The fourth-order valence-electron chi connectivity index (χ4n) is 2.46. The minimum atomic E-state index is -0.0111. The van der Waals surface area contributed by atoms with Crippen LogP contribution in [0.3, 0.4) is 0 Å². The summed E-state index contributed by atoms with van der Waals surface area (Å²) in [5.74, 6) is 1.21. The first-order valence-electron chi connectivity index (χ1n) is 7.32. The van der Waals surface area contributed by atoms with Crippen molar-refractivity contribution in [3.8, 4) is 17.0 Å². The Hall–Kier alpha value is -1.84. The summed E-state index contributed by atoms with van der Waals surface area (Å²) >= 11 is 0. The predicted molar refractivity (Wildman–Crippen MR) is 85.8 cm³/mol. The lowest BCUT2D eigenvalue weighted by Crippen LogP contribution is -2.18. The molecule has 0 atom stereocenters. The van der Waals surface area contributed by atoms with Gasteiger partial charge in [0, 0.05) is 24.2 Å². The van der Waals surface area contributed by atoms with Gasteiger partial charge in [-0.25, -0.2) is 4.98 Å².